The predicted molar refractivity (Wildman–Crippen MR) is 106 cm³/mol. The van der Waals surface area contributed by atoms with E-state index in [9.17, 15) is 26.4 Å². The first-order valence-electron chi connectivity index (χ1n) is 10.1. The molecule has 7 nitrogen and oxygen atoms in total. The van der Waals surface area contributed by atoms with Crippen molar-refractivity contribution in [2.75, 3.05) is 37.3 Å². The first-order valence-corrected chi connectivity index (χ1v) is 12.0. The molecule has 11 heteroatoms. The largest absolute Gasteiger partial charge is 0.419 e. The second-order valence-electron chi connectivity index (χ2n) is 7.96. The van der Waals surface area contributed by atoms with Gasteiger partial charge in [0, 0.05) is 38.4 Å². The van der Waals surface area contributed by atoms with E-state index < -0.39 is 27.7 Å². The number of nitrogens with one attached hydrogen (secondary N) is 1. The molecule has 168 valence electrons. The highest BCUT2D eigenvalue weighted by atomic mass is 32.2. The Labute approximate surface area is 174 Å². The number of amides is 1. The third-order valence-corrected chi connectivity index (χ3v) is 6.34. The van der Waals surface area contributed by atoms with Crippen LogP contribution in [0.5, 0.6) is 0 Å². The maximum Gasteiger partial charge on any atom is 0.419 e. The summed E-state index contributed by atoms with van der Waals surface area (Å²) in [6.45, 7) is 1.26. The lowest BCUT2D eigenvalue weighted by atomic mass is 9.93. The number of anilines is 1. The van der Waals surface area contributed by atoms with Gasteiger partial charge in [-0.2, -0.15) is 13.2 Å². The van der Waals surface area contributed by atoms with Gasteiger partial charge in [-0.3, -0.25) is 4.79 Å². The maximum atomic E-state index is 13.4. The number of rotatable bonds is 5. The van der Waals surface area contributed by atoms with E-state index in [4.69, 9.17) is 0 Å². The molecule has 2 fully saturated rings. The molecular weight excluding hydrogens is 421 g/mol. The van der Waals surface area contributed by atoms with Crippen molar-refractivity contribution in [3.63, 3.8) is 0 Å². The van der Waals surface area contributed by atoms with Gasteiger partial charge in [-0.15, -0.1) is 0 Å². The highest BCUT2D eigenvalue weighted by Crippen LogP contribution is 2.36. The van der Waals surface area contributed by atoms with Crippen LogP contribution < -0.4 is 9.62 Å². The molecule has 0 saturated carbocycles. The Kier molecular flexibility index (Phi) is 6.91. The zero-order chi connectivity index (χ0) is 21.9. The Morgan fingerprint density at radius 3 is 2.70 bits per heavy atom. The van der Waals surface area contributed by atoms with Crippen molar-refractivity contribution in [3.05, 3.63) is 23.9 Å². The number of hydrogen-bond donors (Lipinski definition) is 1. The summed E-state index contributed by atoms with van der Waals surface area (Å²) in [5.41, 5.74) is -0.800. The Morgan fingerprint density at radius 2 is 2.00 bits per heavy atom. The molecule has 2 aliphatic heterocycles. The van der Waals surface area contributed by atoms with Crippen LogP contribution in [0.2, 0.25) is 0 Å². The van der Waals surface area contributed by atoms with E-state index in [1.54, 1.807) is 9.80 Å². The summed E-state index contributed by atoms with van der Waals surface area (Å²) in [6, 6.07) is 2.02. The molecule has 2 aliphatic rings. The SMILES string of the molecule is CS(=O)(=O)NCC1CCCCN1C(=O)C1CCCN(c2ncccc2C(F)(F)F)C1. The number of alkyl halides is 3. The minimum absolute atomic E-state index is 0.121. The van der Waals surface area contributed by atoms with Crippen LogP contribution in [0.15, 0.2) is 18.3 Å². The average Bonchev–Trinajstić information content (AvgIpc) is 2.71. The monoisotopic (exact) mass is 448 g/mol. The van der Waals surface area contributed by atoms with Crippen molar-refractivity contribution in [2.24, 2.45) is 5.92 Å². The van der Waals surface area contributed by atoms with Crippen LogP contribution >= 0.6 is 0 Å². The number of likely N-dealkylation sites (tertiary alicyclic amines) is 1. The molecule has 0 radical (unpaired) electrons. The van der Waals surface area contributed by atoms with Crippen LogP contribution in [0.25, 0.3) is 0 Å². The molecule has 0 aromatic carbocycles. The highest BCUT2D eigenvalue weighted by molar-refractivity contribution is 7.88. The van der Waals surface area contributed by atoms with Crippen LogP contribution in [0, 0.1) is 5.92 Å². The number of aromatic nitrogens is 1. The Hall–Kier alpha value is -1.88. The fourth-order valence-electron chi connectivity index (χ4n) is 4.23. The summed E-state index contributed by atoms with van der Waals surface area (Å²) in [5, 5.41) is 0. The number of carbonyl (C=O) groups is 1. The minimum atomic E-state index is -4.52. The summed E-state index contributed by atoms with van der Waals surface area (Å²) < 4.78 is 65.5. The van der Waals surface area contributed by atoms with E-state index in [-0.39, 0.29) is 30.9 Å². The van der Waals surface area contributed by atoms with Crippen LogP contribution in [-0.2, 0) is 21.0 Å². The number of hydrogen-bond acceptors (Lipinski definition) is 5. The quantitative estimate of drug-likeness (QED) is 0.747. The molecule has 0 bridgehead atoms. The predicted octanol–water partition coefficient (Wildman–Crippen LogP) is 2.25. The second kappa shape index (κ2) is 9.09. The van der Waals surface area contributed by atoms with Crippen molar-refractivity contribution < 1.29 is 26.4 Å². The van der Waals surface area contributed by atoms with Crippen LogP contribution in [-0.4, -0.2) is 62.7 Å². The molecule has 0 aliphatic carbocycles. The van der Waals surface area contributed by atoms with E-state index in [1.807, 2.05) is 0 Å². The molecule has 1 aromatic rings. The summed E-state index contributed by atoms with van der Waals surface area (Å²) in [7, 11) is -3.37. The van der Waals surface area contributed by atoms with Crippen LogP contribution in [0.1, 0.15) is 37.7 Å². The Bertz CT molecular complexity index is 863. The van der Waals surface area contributed by atoms with E-state index in [2.05, 4.69) is 9.71 Å². The second-order valence-corrected chi connectivity index (χ2v) is 9.79. The molecule has 30 heavy (non-hydrogen) atoms. The molecule has 2 saturated heterocycles. The van der Waals surface area contributed by atoms with Gasteiger partial charge in [0.15, 0.2) is 0 Å². The molecule has 1 aromatic heterocycles. The number of halogens is 3. The third kappa shape index (κ3) is 5.63. The van der Waals surface area contributed by atoms with Gasteiger partial charge in [0.05, 0.1) is 17.7 Å². The van der Waals surface area contributed by atoms with Gasteiger partial charge >= 0.3 is 6.18 Å². The van der Waals surface area contributed by atoms with E-state index in [0.29, 0.717) is 32.4 Å². The van der Waals surface area contributed by atoms with Gasteiger partial charge in [-0.05, 0) is 44.2 Å². The lowest BCUT2D eigenvalue weighted by molar-refractivity contribution is -0.139. The fourth-order valence-corrected chi connectivity index (χ4v) is 4.72. The first kappa shape index (κ1) is 22.8. The van der Waals surface area contributed by atoms with Crippen molar-refractivity contribution in [1.82, 2.24) is 14.6 Å². The van der Waals surface area contributed by atoms with Gasteiger partial charge in [-0.1, -0.05) is 0 Å². The number of pyridine rings is 1. The van der Waals surface area contributed by atoms with E-state index in [0.717, 1.165) is 25.2 Å². The zero-order valence-corrected chi connectivity index (χ0v) is 17.7. The summed E-state index contributed by atoms with van der Waals surface area (Å²) >= 11 is 0. The summed E-state index contributed by atoms with van der Waals surface area (Å²) in [5.74, 6) is -0.707. The number of piperidine rings is 2. The lowest BCUT2D eigenvalue weighted by Gasteiger charge is -2.41. The number of sulfonamides is 1. The summed E-state index contributed by atoms with van der Waals surface area (Å²) in [4.78, 5) is 20.4. The topological polar surface area (TPSA) is 82.6 Å². The normalized spacial score (nSPS) is 23.5. The minimum Gasteiger partial charge on any atom is -0.355 e. The van der Waals surface area contributed by atoms with Gasteiger partial charge < -0.3 is 9.80 Å². The van der Waals surface area contributed by atoms with Gasteiger partial charge in [0.2, 0.25) is 15.9 Å². The van der Waals surface area contributed by atoms with E-state index in [1.165, 1.54) is 12.3 Å². The maximum absolute atomic E-state index is 13.4. The van der Waals surface area contributed by atoms with Gasteiger partial charge in [-0.25, -0.2) is 18.1 Å². The van der Waals surface area contributed by atoms with Crippen molar-refractivity contribution >= 4 is 21.7 Å². The zero-order valence-electron chi connectivity index (χ0n) is 16.9. The molecule has 3 heterocycles. The van der Waals surface area contributed by atoms with Crippen LogP contribution in [0.3, 0.4) is 0 Å². The number of carbonyl (C=O) groups excluding carboxylic acids is 1. The smallest absolute Gasteiger partial charge is 0.355 e. The Balaban J connectivity index is 1.74. The molecule has 2 atom stereocenters. The summed E-state index contributed by atoms with van der Waals surface area (Å²) in [6.07, 6.45) is 1.49. The van der Waals surface area contributed by atoms with Crippen molar-refractivity contribution in [2.45, 2.75) is 44.3 Å². The molecular formula is C19H27F3N4O3S. The lowest BCUT2D eigenvalue weighted by Crippen LogP contribution is -2.53. The van der Waals surface area contributed by atoms with Crippen molar-refractivity contribution in [3.8, 4) is 0 Å². The molecule has 2 unspecified atom stereocenters. The first-order chi connectivity index (χ1) is 14.1. The third-order valence-electron chi connectivity index (χ3n) is 5.65. The number of nitrogens with zero attached hydrogens (tertiary/aromatic N) is 3. The van der Waals surface area contributed by atoms with Gasteiger partial charge in [0.1, 0.15) is 5.82 Å². The standard InChI is InChI=1S/C19H27F3N4O3S/c1-30(28,29)24-12-15-7-2-3-11-26(15)18(27)14-6-5-10-25(13-14)17-16(19(20,21)22)8-4-9-23-17/h4,8-9,14-15,24H,2-3,5-7,10-13H2,1H3. The molecule has 0 spiro atoms. The average molecular weight is 449 g/mol. The highest BCUT2D eigenvalue weighted by Gasteiger charge is 2.39. The van der Waals surface area contributed by atoms with Crippen molar-refractivity contribution in [1.29, 1.82) is 0 Å². The van der Waals surface area contributed by atoms with Gasteiger partial charge in [0.25, 0.3) is 0 Å². The fraction of sp³-hybridized carbons (Fsp3) is 0.684. The molecule has 3 rings (SSSR count). The Morgan fingerprint density at radius 1 is 1.23 bits per heavy atom. The molecule has 1 N–H and O–H groups in total. The molecule has 1 amide bonds. The van der Waals surface area contributed by atoms with E-state index >= 15 is 0 Å². The van der Waals surface area contributed by atoms with Crippen LogP contribution in [0.4, 0.5) is 19.0 Å².